The fourth-order valence-corrected chi connectivity index (χ4v) is 2.30. The lowest BCUT2D eigenvalue weighted by atomic mass is 10.1. The molecule has 0 rings (SSSR count). The molecule has 0 radical (unpaired) electrons. The van der Waals surface area contributed by atoms with Gasteiger partial charge in [-0.1, -0.05) is 68.4 Å². The molecule has 0 aliphatic heterocycles. The first-order valence-electron chi connectivity index (χ1n) is 9.75. The third-order valence-electron chi connectivity index (χ3n) is 3.93. The van der Waals surface area contributed by atoms with E-state index in [4.69, 9.17) is 5.11 Å². The van der Waals surface area contributed by atoms with Crippen LogP contribution in [0.1, 0.15) is 71.1 Å². The van der Waals surface area contributed by atoms with Crippen LogP contribution in [0.25, 0.3) is 0 Å². The van der Waals surface area contributed by atoms with Crippen molar-refractivity contribution in [2.24, 2.45) is 0 Å². The highest BCUT2D eigenvalue weighted by atomic mass is 16.4. The Morgan fingerprint density at radius 2 is 1.35 bits per heavy atom. The molecule has 0 saturated heterocycles. The molecule has 0 bridgehead atoms. The molecule has 4 heteroatoms. The molecule has 0 spiro atoms. The Hall–Kier alpha value is -1.65. The van der Waals surface area contributed by atoms with Crippen molar-refractivity contribution in [2.75, 3.05) is 0 Å². The van der Waals surface area contributed by atoms with Crippen molar-refractivity contribution in [1.29, 1.82) is 0 Å². The molecule has 0 amide bonds. The lowest BCUT2D eigenvalue weighted by molar-refractivity contribution is -0.138. The predicted molar refractivity (Wildman–Crippen MR) is 108 cm³/mol. The van der Waals surface area contributed by atoms with Crippen LogP contribution < -0.4 is 0 Å². The average molecular weight is 365 g/mol. The van der Waals surface area contributed by atoms with E-state index in [1.165, 1.54) is 25.7 Å². The van der Waals surface area contributed by atoms with Crippen molar-refractivity contribution in [3.8, 4) is 0 Å². The number of allylic oxidation sites excluding steroid dienone is 7. The van der Waals surface area contributed by atoms with Crippen LogP contribution in [0.2, 0.25) is 0 Å². The van der Waals surface area contributed by atoms with Gasteiger partial charge in [-0.3, -0.25) is 4.79 Å². The standard InChI is InChI=1S/C22H36O4/c1-2-3-4-5-6-7-8-9-10-11-12-13-14-15-16-17-20(23)21(24)18-19-22(25)26/h6-7,9-10,12-13,15-16,20-21,23-24H,2-5,8,11,14,17-19H2,1H3,(H,25,26)/b7-6-,10-9-,13-12-,16-15-. The summed E-state index contributed by atoms with van der Waals surface area (Å²) in [7, 11) is 0. The highest BCUT2D eigenvalue weighted by molar-refractivity contribution is 5.66. The van der Waals surface area contributed by atoms with Crippen LogP contribution in [0.4, 0.5) is 0 Å². The smallest absolute Gasteiger partial charge is 0.303 e. The largest absolute Gasteiger partial charge is 0.481 e. The lowest BCUT2D eigenvalue weighted by Gasteiger charge is -2.14. The Balaban J connectivity index is 3.66. The molecular weight excluding hydrogens is 328 g/mol. The fraction of sp³-hybridized carbons (Fsp3) is 0.591. The minimum atomic E-state index is -0.989. The topological polar surface area (TPSA) is 77.8 Å². The minimum Gasteiger partial charge on any atom is -0.481 e. The van der Waals surface area contributed by atoms with Crippen LogP contribution in [-0.2, 0) is 4.79 Å². The molecule has 2 unspecified atom stereocenters. The van der Waals surface area contributed by atoms with Gasteiger partial charge in [0.2, 0.25) is 0 Å². The van der Waals surface area contributed by atoms with E-state index < -0.39 is 18.2 Å². The summed E-state index contributed by atoms with van der Waals surface area (Å²) in [5.41, 5.74) is 0. The molecule has 0 aliphatic carbocycles. The third-order valence-corrected chi connectivity index (χ3v) is 3.93. The number of rotatable bonds is 16. The highest BCUT2D eigenvalue weighted by Crippen LogP contribution is 2.07. The Morgan fingerprint density at radius 3 is 1.88 bits per heavy atom. The summed E-state index contributed by atoms with van der Waals surface area (Å²) in [5.74, 6) is -0.964. The summed E-state index contributed by atoms with van der Waals surface area (Å²) in [4.78, 5) is 10.4. The fourth-order valence-electron chi connectivity index (χ4n) is 2.30. The summed E-state index contributed by atoms with van der Waals surface area (Å²) in [6, 6.07) is 0. The van der Waals surface area contributed by atoms with Crippen molar-refractivity contribution in [2.45, 2.75) is 83.3 Å². The molecule has 0 fully saturated rings. The van der Waals surface area contributed by atoms with Gasteiger partial charge >= 0.3 is 5.97 Å². The first kappa shape index (κ1) is 24.4. The van der Waals surface area contributed by atoms with Gasteiger partial charge in [0.25, 0.3) is 0 Å². The molecule has 0 saturated carbocycles. The first-order chi connectivity index (χ1) is 12.6. The molecular formula is C22H36O4. The monoisotopic (exact) mass is 364 g/mol. The number of carboxylic acids is 1. The van der Waals surface area contributed by atoms with E-state index in [0.717, 1.165) is 19.3 Å². The van der Waals surface area contributed by atoms with Crippen LogP contribution in [0.5, 0.6) is 0 Å². The van der Waals surface area contributed by atoms with Gasteiger partial charge in [-0.25, -0.2) is 0 Å². The van der Waals surface area contributed by atoms with Gasteiger partial charge in [-0.05, 0) is 44.9 Å². The normalized spacial score (nSPS) is 14.9. The van der Waals surface area contributed by atoms with Crippen LogP contribution in [0.15, 0.2) is 48.6 Å². The molecule has 0 aromatic rings. The quantitative estimate of drug-likeness (QED) is 0.268. The SMILES string of the molecule is CCCCC/C=C\C/C=C\C/C=C\C/C=C\CC(O)C(O)CCC(=O)O. The van der Waals surface area contributed by atoms with Gasteiger partial charge in [0.15, 0.2) is 0 Å². The molecule has 148 valence electrons. The summed E-state index contributed by atoms with van der Waals surface area (Å²) < 4.78 is 0. The second kappa shape index (κ2) is 18.2. The van der Waals surface area contributed by atoms with Gasteiger partial charge in [-0.2, -0.15) is 0 Å². The summed E-state index contributed by atoms with van der Waals surface area (Å²) in [5, 5.41) is 27.9. The summed E-state index contributed by atoms with van der Waals surface area (Å²) >= 11 is 0. The van der Waals surface area contributed by atoms with E-state index >= 15 is 0 Å². The van der Waals surface area contributed by atoms with Crippen molar-refractivity contribution in [1.82, 2.24) is 0 Å². The summed E-state index contributed by atoms with van der Waals surface area (Å²) in [6.45, 7) is 2.22. The maximum Gasteiger partial charge on any atom is 0.303 e. The zero-order chi connectivity index (χ0) is 19.5. The first-order valence-corrected chi connectivity index (χ1v) is 9.75. The molecule has 0 aromatic carbocycles. The van der Waals surface area contributed by atoms with Gasteiger partial charge in [0.1, 0.15) is 0 Å². The van der Waals surface area contributed by atoms with Crippen molar-refractivity contribution < 1.29 is 20.1 Å². The minimum absolute atomic E-state index is 0.0739. The average Bonchev–Trinajstić information content (AvgIpc) is 2.62. The lowest BCUT2D eigenvalue weighted by Crippen LogP contribution is -2.25. The Morgan fingerprint density at radius 1 is 0.808 bits per heavy atom. The number of aliphatic hydroxyl groups is 2. The van der Waals surface area contributed by atoms with Gasteiger partial charge in [0.05, 0.1) is 12.2 Å². The van der Waals surface area contributed by atoms with Crippen LogP contribution in [-0.4, -0.2) is 33.5 Å². The van der Waals surface area contributed by atoms with Crippen LogP contribution in [0, 0.1) is 0 Å². The molecule has 3 N–H and O–H groups in total. The summed E-state index contributed by atoms with van der Waals surface area (Å²) in [6.07, 6.45) is 22.8. The molecule has 26 heavy (non-hydrogen) atoms. The maximum atomic E-state index is 10.4. The number of aliphatic hydroxyl groups excluding tert-OH is 2. The van der Waals surface area contributed by atoms with E-state index in [9.17, 15) is 15.0 Å². The van der Waals surface area contributed by atoms with E-state index in [0.29, 0.717) is 6.42 Å². The number of hydrogen-bond acceptors (Lipinski definition) is 3. The van der Waals surface area contributed by atoms with E-state index in [2.05, 4.69) is 43.4 Å². The molecule has 4 nitrogen and oxygen atoms in total. The van der Waals surface area contributed by atoms with Crippen molar-refractivity contribution in [3.05, 3.63) is 48.6 Å². The van der Waals surface area contributed by atoms with Gasteiger partial charge < -0.3 is 15.3 Å². The highest BCUT2D eigenvalue weighted by Gasteiger charge is 2.15. The van der Waals surface area contributed by atoms with Gasteiger partial charge in [0, 0.05) is 6.42 Å². The van der Waals surface area contributed by atoms with Crippen molar-refractivity contribution >= 4 is 5.97 Å². The molecule has 0 heterocycles. The van der Waals surface area contributed by atoms with E-state index in [-0.39, 0.29) is 12.8 Å². The molecule has 0 aromatic heterocycles. The number of unbranched alkanes of at least 4 members (excludes halogenated alkanes) is 3. The second-order valence-electron chi connectivity index (χ2n) is 6.39. The van der Waals surface area contributed by atoms with Crippen molar-refractivity contribution in [3.63, 3.8) is 0 Å². The molecule has 2 atom stereocenters. The van der Waals surface area contributed by atoms with E-state index in [1.54, 1.807) is 0 Å². The Kier molecular flexibility index (Phi) is 17.0. The van der Waals surface area contributed by atoms with Crippen LogP contribution in [0.3, 0.4) is 0 Å². The second-order valence-corrected chi connectivity index (χ2v) is 6.39. The van der Waals surface area contributed by atoms with Gasteiger partial charge in [-0.15, -0.1) is 0 Å². The number of carboxylic acid groups (broad SMARTS) is 1. The number of carbonyl (C=O) groups is 1. The zero-order valence-corrected chi connectivity index (χ0v) is 16.1. The maximum absolute atomic E-state index is 10.4. The number of hydrogen-bond donors (Lipinski definition) is 3. The Bertz CT molecular complexity index is 449. The number of aliphatic carboxylic acids is 1. The van der Waals surface area contributed by atoms with E-state index in [1.807, 2.05) is 12.2 Å². The predicted octanol–water partition coefficient (Wildman–Crippen LogP) is 4.94. The Labute approximate surface area is 158 Å². The third kappa shape index (κ3) is 17.2. The molecule has 0 aliphatic rings. The van der Waals surface area contributed by atoms with Crippen LogP contribution >= 0.6 is 0 Å². The zero-order valence-electron chi connectivity index (χ0n) is 16.1.